The molecule has 0 aliphatic rings. The quantitative estimate of drug-likeness (QED) is 0.788. The van der Waals surface area contributed by atoms with Crippen molar-refractivity contribution in [3.05, 3.63) is 64.9 Å². The van der Waals surface area contributed by atoms with Gasteiger partial charge in [-0.3, -0.25) is 9.88 Å². The number of rotatable bonds is 7. The average Bonchev–Trinajstić information content (AvgIpc) is 2.57. The number of esters is 1. The molecular weight excluding hydrogens is 316 g/mol. The molecule has 0 spiro atoms. The number of carbonyl (C=O) groups excluding carboxylic acids is 1. The molecule has 0 bridgehead atoms. The van der Waals surface area contributed by atoms with Crippen molar-refractivity contribution in [2.75, 3.05) is 20.3 Å². The van der Waals surface area contributed by atoms with Crippen LogP contribution in [-0.4, -0.2) is 41.2 Å². The summed E-state index contributed by atoms with van der Waals surface area (Å²) in [5.74, 6) is -0.421. The first-order valence-corrected chi connectivity index (χ1v) is 7.61. The number of ether oxygens (including phenoxy) is 1. The predicted octanol–water partition coefficient (Wildman–Crippen LogP) is 2.44. The van der Waals surface area contributed by atoms with Gasteiger partial charge in [0.05, 0.1) is 13.7 Å². The Hall–Kier alpha value is -1.95. The van der Waals surface area contributed by atoms with Crippen LogP contribution < -0.4 is 0 Å². The van der Waals surface area contributed by atoms with Gasteiger partial charge in [-0.1, -0.05) is 35.9 Å². The largest absolute Gasteiger partial charge is 0.468 e. The minimum Gasteiger partial charge on any atom is -0.468 e. The van der Waals surface area contributed by atoms with Gasteiger partial charge in [0.2, 0.25) is 0 Å². The number of aliphatic hydroxyl groups is 1. The molecule has 1 N–H and O–H groups in total. The SMILES string of the molecule is COC(=O)C(c1ccccc1Cl)N(CCO)Cc1cccnc1. The smallest absolute Gasteiger partial charge is 0.327 e. The highest BCUT2D eigenvalue weighted by atomic mass is 35.5. The van der Waals surface area contributed by atoms with Gasteiger partial charge in [-0.2, -0.15) is 0 Å². The topological polar surface area (TPSA) is 62.7 Å². The lowest BCUT2D eigenvalue weighted by Crippen LogP contribution is -2.36. The Morgan fingerprint density at radius 1 is 1.35 bits per heavy atom. The Labute approximate surface area is 140 Å². The van der Waals surface area contributed by atoms with Crippen LogP contribution in [0.3, 0.4) is 0 Å². The molecule has 0 amide bonds. The van der Waals surface area contributed by atoms with Gasteiger partial charge in [-0.15, -0.1) is 0 Å². The number of hydrogen-bond acceptors (Lipinski definition) is 5. The summed E-state index contributed by atoms with van der Waals surface area (Å²) in [5, 5.41) is 9.88. The molecule has 0 aliphatic heterocycles. The Balaban J connectivity index is 2.37. The van der Waals surface area contributed by atoms with Crippen molar-refractivity contribution in [1.29, 1.82) is 0 Å². The molecule has 1 atom stereocenters. The van der Waals surface area contributed by atoms with Crippen LogP contribution in [0.15, 0.2) is 48.8 Å². The van der Waals surface area contributed by atoms with Gasteiger partial charge in [0.15, 0.2) is 0 Å². The number of methoxy groups -OCH3 is 1. The van der Waals surface area contributed by atoms with Gasteiger partial charge in [0, 0.05) is 30.5 Å². The molecule has 23 heavy (non-hydrogen) atoms. The van der Waals surface area contributed by atoms with Crippen molar-refractivity contribution in [3.8, 4) is 0 Å². The van der Waals surface area contributed by atoms with Crippen LogP contribution in [0.2, 0.25) is 5.02 Å². The average molecular weight is 335 g/mol. The summed E-state index contributed by atoms with van der Waals surface area (Å²) in [6.07, 6.45) is 3.41. The summed E-state index contributed by atoms with van der Waals surface area (Å²) in [5.41, 5.74) is 1.58. The van der Waals surface area contributed by atoms with Crippen LogP contribution in [0.1, 0.15) is 17.2 Å². The lowest BCUT2D eigenvalue weighted by atomic mass is 10.0. The second-order valence-electron chi connectivity index (χ2n) is 5.00. The fourth-order valence-corrected chi connectivity index (χ4v) is 2.67. The summed E-state index contributed by atoms with van der Waals surface area (Å²) in [4.78, 5) is 18.3. The van der Waals surface area contributed by atoms with Crippen LogP contribution in [0.5, 0.6) is 0 Å². The molecule has 1 unspecified atom stereocenters. The zero-order chi connectivity index (χ0) is 16.7. The van der Waals surface area contributed by atoms with Gasteiger partial charge in [-0.25, -0.2) is 4.79 Å². The summed E-state index contributed by atoms with van der Waals surface area (Å²) in [6.45, 7) is 0.664. The van der Waals surface area contributed by atoms with Gasteiger partial charge in [0.1, 0.15) is 6.04 Å². The fourth-order valence-electron chi connectivity index (χ4n) is 2.44. The second kappa shape index (κ2) is 8.62. The highest BCUT2D eigenvalue weighted by Crippen LogP contribution is 2.29. The lowest BCUT2D eigenvalue weighted by Gasteiger charge is -2.30. The van der Waals surface area contributed by atoms with Gasteiger partial charge >= 0.3 is 5.97 Å². The van der Waals surface area contributed by atoms with Crippen molar-refractivity contribution >= 4 is 17.6 Å². The molecule has 122 valence electrons. The van der Waals surface area contributed by atoms with Crippen LogP contribution in [0, 0.1) is 0 Å². The third-order valence-corrected chi connectivity index (χ3v) is 3.83. The van der Waals surface area contributed by atoms with E-state index in [4.69, 9.17) is 16.3 Å². The number of halogens is 1. The van der Waals surface area contributed by atoms with Crippen molar-refractivity contribution in [3.63, 3.8) is 0 Å². The van der Waals surface area contributed by atoms with E-state index in [0.29, 0.717) is 23.7 Å². The van der Waals surface area contributed by atoms with Crippen molar-refractivity contribution < 1.29 is 14.6 Å². The molecule has 6 heteroatoms. The molecule has 2 rings (SSSR count). The van der Waals surface area contributed by atoms with E-state index in [1.807, 2.05) is 23.1 Å². The Kier molecular flexibility index (Phi) is 6.52. The molecule has 0 fully saturated rings. The van der Waals surface area contributed by atoms with E-state index in [1.54, 1.807) is 30.6 Å². The van der Waals surface area contributed by atoms with E-state index in [1.165, 1.54) is 7.11 Å². The van der Waals surface area contributed by atoms with Gasteiger partial charge in [-0.05, 0) is 23.3 Å². The summed E-state index contributed by atoms with van der Waals surface area (Å²) in [7, 11) is 1.34. The number of aliphatic hydroxyl groups excluding tert-OH is 1. The molecule has 0 saturated carbocycles. The minimum atomic E-state index is -0.693. The predicted molar refractivity (Wildman–Crippen MR) is 87.9 cm³/mol. The highest BCUT2D eigenvalue weighted by molar-refractivity contribution is 6.31. The maximum atomic E-state index is 12.4. The molecule has 1 aromatic carbocycles. The van der Waals surface area contributed by atoms with Crippen molar-refractivity contribution in [2.24, 2.45) is 0 Å². The Bertz CT molecular complexity index is 637. The first-order chi connectivity index (χ1) is 11.2. The molecule has 0 radical (unpaired) electrons. The molecule has 0 aliphatic carbocycles. The summed E-state index contributed by atoms with van der Waals surface area (Å²) >= 11 is 6.26. The van der Waals surface area contributed by atoms with E-state index in [9.17, 15) is 9.90 Å². The molecular formula is C17H19ClN2O3. The third kappa shape index (κ3) is 4.51. The van der Waals surface area contributed by atoms with E-state index >= 15 is 0 Å². The van der Waals surface area contributed by atoms with Gasteiger partial charge < -0.3 is 9.84 Å². The van der Waals surface area contributed by atoms with Crippen LogP contribution in [-0.2, 0) is 16.1 Å². The number of pyridine rings is 1. The summed E-state index contributed by atoms with van der Waals surface area (Å²) in [6, 6.07) is 10.2. The molecule has 1 aromatic heterocycles. The Morgan fingerprint density at radius 2 is 2.13 bits per heavy atom. The van der Waals surface area contributed by atoms with E-state index < -0.39 is 12.0 Å². The second-order valence-corrected chi connectivity index (χ2v) is 5.41. The standard InChI is InChI=1S/C17H19ClN2O3/c1-23-17(22)16(14-6-2-3-7-15(14)18)20(9-10-21)12-13-5-4-8-19-11-13/h2-8,11,16,21H,9-10,12H2,1H3. The molecule has 2 aromatic rings. The molecule has 1 heterocycles. The first kappa shape index (κ1) is 17.4. The molecule has 0 saturated heterocycles. The van der Waals surface area contributed by atoms with Gasteiger partial charge in [0.25, 0.3) is 0 Å². The number of aromatic nitrogens is 1. The number of hydrogen-bond donors (Lipinski definition) is 1. The first-order valence-electron chi connectivity index (χ1n) is 7.23. The zero-order valence-electron chi connectivity index (χ0n) is 12.9. The lowest BCUT2D eigenvalue weighted by molar-refractivity contribution is -0.147. The van der Waals surface area contributed by atoms with Crippen LogP contribution in [0.25, 0.3) is 0 Å². The normalized spacial score (nSPS) is 12.2. The third-order valence-electron chi connectivity index (χ3n) is 3.49. The van der Waals surface area contributed by atoms with Crippen molar-refractivity contribution in [1.82, 2.24) is 9.88 Å². The maximum Gasteiger partial charge on any atom is 0.327 e. The number of nitrogens with zero attached hydrogens (tertiary/aromatic N) is 2. The Morgan fingerprint density at radius 3 is 2.74 bits per heavy atom. The van der Waals surface area contributed by atoms with E-state index in [-0.39, 0.29) is 6.61 Å². The number of benzene rings is 1. The number of carbonyl (C=O) groups is 1. The molecule has 5 nitrogen and oxygen atoms in total. The van der Waals surface area contributed by atoms with Crippen LogP contribution in [0.4, 0.5) is 0 Å². The van der Waals surface area contributed by atoms with E-state index in [0.717, 1.165) is 5.56 Å². The summed E-state index contributed by atoms with van der Waals surface area (Å²) < 4.78 is 4.95. The van der Waals surface area contributed by atoms with Crippen LogP contribution >= 0.6 is 11.6 Å². The zero-order valence-corrected chi connectivity index (χ0v) is 13.6. The minimum absolute atomic E-state index is 0.0851. The monoisotopic (exact) mass is 334 g/mol. The fraction of sp³-hybridized carbons (Fsp3) is 0.294. The highest BCUT2D eigenvalue weighted by Gasteiger charge is 2.30. The van der Waals surface area contributed by atoms with E-state index in [2.05, 4.69) is 4.98 Å². The van der Waals surface area contributed by atoms with Crippen molar-refractivity contribution in [2.45, 2.75) is 12.6 Å². The maximum absolute atomic E-state index is 12.4.